The number of nitrogens with zero attached hydrogens (tertiary/aromatic N) is 3. The molecule has 108 valence electrons. The zero-order valence-corrected chi connectivity index (χ0v) is 11.3. The topological polar surface area (TPSA) is 78.5 Å². The molecule has 0 radical (unpaired) electrons. The van der Waals surface area contributed by atoms with Gasteiger partial charge in [0, 0.05) is 13.1 Å². The van der Waals surface area contributed by atoms with Gasteiger partial charge < -0.3 is 15.6 Å². The third-order valence-electron chi connectivity index (χ3n) is 3.01. The maximum Gasteiger partial charge on any atom is 0.226 e. The van der Waals surface area contributed by atoms with E-state index in [4.69, 9.17) is 0 Å². The third-order valence-corrected chi connectivity index (χ3v) is 3.01. The van der Waals surface area contributed by atoms with Crippen molar-refractivity contribution < 1.29 is 8.78 Å². The Bertz CT molecular complexity index is 814. The fourth-order valence-corrected chi connectivity index (χ4v) is 1.91. The fraction of sp³-hybridized carbons (Fsp3) is 0.154. The summed E-state index contributed by atoms with van der Waals surface area (Å²) in [6, 6.07) is 2.22. The van der Waals surface area contributed by atoms with Crippen LogP contribution in [0.1, 0.15) is 5.56 Å². The standard InChI is InChI=1S/C13H12F2N6/c1-6-3-8(15)9(4-7(6)14)19-12-10-11(18-5-17-10)20-13(16-2)21-12/h3-5H,1-2H3,(H3,16,17,18,19,20,21). The number of fused-ring (bicyclic) bond motifs is 1. The van der Waals surface area contributed by atoms with Crippen LogP contribution in [0.2, 0.25) is 0 Å². The highest BCUT2D eigenvalue weighted by Gasteiger charge is 2.13. The molecule has 0 aliphatic heterocycles. The monoisotopic (exact) mass is 290 g/mol. The summed E-state index contributed by atoms with van der Waals surface area (Å²) in [5.41, 5.74) is 1.16. The van der Waals surface area contributed by atoms with Crippen molar-refractivity contribution in [1.82, 2.24) is 19.9 Å². The average molecular weight is 290 g/mol. The van der Waals surface area contributed by atoms with Crippen LogP contribution in [-0.2, 0) is 0 Å². The van der Waals surface area contributed by atoms with E-state index in [-0.39, 0.29) is 11.3 Å². The number of halogens is 2. The maximum atomic E-state index is 13.9. The lowest BCUT2D eigenvalue weighted by Gasteiger charge is -2.10. The number of hydrogen-bond acceptors (Lipinski definition) is 5. The molecule has 3 N–H and O–H groups in total. The SMILES string of the molecule is CNc1nc(Nc2cc(F)c(C)cc2F)c2[nH]cnc2n1. The second-order valence-corrected chi connectivity index (χ2v) is 4.45. The third kappa shape index (κ3) is 2.35. The number of aryl methyl sites for hydroxylation is 1. The molecule has 0 spiro atoms. The Hall–Kier alpha value is -2.77. The van der Waals surface area contributed by atoms with Crippen LogP contribution in [0.5, 0.6) is 0 Å². The highest BCUT2D eigenvalue weighted by atomic mass is 19.1. The molecule has 0 aliphatic carbocycles. The molecule has 2 aromatic heterocycles. The van der Waals surface area contributed by atoms with Crippen LogP contribution in [0.25, 0.3) is 11.2 Å². The van der Waals surface area contributed by atoms with Crippen molar-refractivity contribution in [3.8, 4) is 0 Å². The van der Waals surface area contributed by atoms with E-state index in [1.54, 1.807) is 7.05 Å². The van der Waals surface area contributed by atoms with E-state index in [0.29, 0.717) is 22.9 Å². The number of H-pyrrole nitrogens is 1. The number of benzene rings is 1. The number of hydrogen-bond donors (Lipinski definition) is 3. The summed E-state index contributed by atoms with van der Waals surface area (Å²) >= 11 is 0. The number of imidazole rings is 1. The molecule has 0 aliphatic rings. The van der Waals surface area contributed by atoms with Gasteiger partial charge in [-0.2, -0.15) is 9.97 Å². The second kappa shape index (κ2) is 4.97. The highest BCUT2D eigenvalue weighted by molar-refractivity contribution is 5.86. The molecule has 0 atom stereocenters. The normalized spacial score (nSPS) is 10.9. The first-order valence-corrected chi connectivity index (χ1v) is 6.20. The predicted molar refractivity (Wildman–Crippen MR) is 75.6 cm³/mol. The number of anilines is 3. The van der Waals surface area contributed by atoms with Crippen molar-refractivity contribution in [2.75, 3.05) is 17.7 Å². The molecule has 1 aromatic carbocycles. The molecule has 8 heteroatoms. The van der Waals surface area contributed by atoms with Crippen molar-refractivity contribution >= 4 is 28.6 Å². The lowest BCUT2D eigenvalue weighted by Crippen LogP contribution is -2.03. The van der Waals surface area contributed by atoms with Gasteiger partial charge in [0.15, 0.2) is 11.5 Å². The van der Waals surface area contributed by atoms with Crippen molar-refractivity contribution in [3.63, 3.8) is 0 Å². The Morgan fingerprint density at radius 2 is 1.95 bits per heavy atom. The van der Waals surface area contributed by atoms with Gasteiger partial charge in [0.05, 0.1) is 12.0 Å². The molecule has 0 unspecified atom stereocenters. The minimum absolute atomic E-state index is 0.00486. The summed E-state index contributed by atoms with van der Waals surface area (Å²) in [7, 11) is 1.66. The van der Waals surface area contributed by atoms with E-state index < -0.39 is 11.6 Å². The Morgan fingerprint density at radius 3 is 2.71 bits per heavy atom. The molecule has 0 bridgehead atoms. The maximum absolute atomic E-state index is 13.9. The van der Waals surface area contributed by atoms with Gasteiger partial charge in [-0.05, 0) is 18.6 Å². The first kappa shape index (κ1) is 13.2. The summed E-state index contributed by atoms with van der Waals surface area (Å²) in [5.74, 6) is -0.428. The molecule has 0 saturated carbocycles. The summed E-state index contributed by atoms with van der Waals surface area (Å²) in [6.45, 7) is 1.50. The number of aromatic nitrogens is 4. The molecule has 2 heterocycles. The van der Waals surface area contributed by atoms with E-state index in [9.17, 15) is 8.78 Å². The highest BCUT2D eigenvalue weighted by Crippen LogP contribution is 2.26. The summed E-state index contributed by atoms with van der Waals surface area (Å²) < 4.78 is 27.5. The Morgan fingerprint density at radius 1 is 1.14 bits per heavy atom. The Kier molecular flexibility index (Phi) is 3.13. The largest absolute Gasteiger partial charge is 0.357 e. The van der Waals surface area contributed by atoms with Gasteiger partial charge in [0.1, 0.15) is 17.2 Å². The zero-order chi connectivity index (χ0) is 15.0. The van der Waals surface area contributed by atoms with Crippen LogP contribution in [0.3, 0.4) is 0 Å². The van der Waals surface area contributed by atoms with Crippen LogP contribution < -0.4 is 10.6 Å². The van der Waals surface area contributed by atoms with Gasteiger partial charge >= 0.3 is 0 Å². The number of nitrogens with one attached hydrogen (secondary N) is 3. The molecule has 6 nitrogen and oxygen atoms in total. The van der Waals surface area contributed by atoms with Crippen molar-refractivity contribution in [1.29, 1.82) is 0 Å². The van der Waals surface area contributed by atoms with Crippen LogP contribution in [0.4, 0.5) is 26.2 Å². The molecule has 21 heavy (non-hydrogen) atoms. The molecule has 3 aromatic rings. The summed E-state index contributed by atoms with van der Waals surface area (Å²) in [5, 5.41) is 5.55. The van der Waals surface area contributed by atoms with Gasteiger partial charge in [-0.15, -0.1) is 0 Å². The summed E-state index contributed by atoms with van der Waals surface area (Å²) in [6.07, 6.45) is 1.45. The molecule has 0 amide bonds. The van der Waals surface area contributed by atoms with E-state index in [2.05, 4.69) is 30.6 Å². The lowest BCUT2D eigenvalue weighted by molar-refractivity contribution is 0.595. The van der Waals surface area contributed by atoms with E-state index >= 15 is 0 Å². The smallest absolute Gasteiger partial charge is 0.226 e. The lowest BCUT2D eigenvalue weighted by atomic mass is 10.2. The van der Waals surface area contributed by atoms with E-state index in [1.165, 1.54) is 13.3 Å². The molecular formula is C13H12F2N6. The van der Waals surface area contributed by atoms with Crippen LogP contribution in [0.15, 0.2) is 18.5 Å². The van der Waals surface area contributed by atoms with Gasteiger partial charge in [0.25, 0.3) is 0 Å². The quantitative estimate of drug-likeness (QED) is 0.691. The number of aromatic amines is 1. The second-order valence-electron chi connectivity index (χ2n) is 4.45. The van der Waals surface area contributed by atoms with Crippen LogP contribution in [-0.4, -0.2) is 27.0 Å². The van der Waals surface area contributed by atoms with Gasteiger partial charge in [-0.25, -0.2) is 13.8 Å². The van der Waals surface area contributed by atoms with Gasteiger partial charge in [-0.3, -0.25) is 0 Å². The van der Waals surface area contributed by atoms with Gasteiger partial charge in [0.2, 0.25) is 5.95 Å². The minimum atomic E-state index is -0.564. The van der Waals surface area contributed by atoms with Crippen LogP contribution >= 0.6 is 0 Å². The minimum Gasteiger partial charge on any atom is -0.357 e. The predicted octanol–water partition coefficient (Wildman–Crippen LogP) is 2.72. The molecule has 3 rings (SSSR count). The summed E-state index contributed by atoms with van der Waals surface area (Å²) in [4.78, 5) is 15.2. The first-order valence-electron chi connectivity index (χ1n) is 6.20. The molecular weight excluding hydrogens is 278 g/mol. The fourth-order valence-electron chi connectivity index (χ4n) is 1.91. The van der Waals surface area contributed by atoms with Crippen molar-refractivity contribution in [3.05, 3.63) is 35.7 Å². The Labute approximate surface area is 118 Å². The molecule has 0 fully saturated rings. The van der Waals surface area contributed by atoms with Gasteiger partial charge in [-0.1, -0.05) is 0 Å². The average Bonchev–Trinajstić information content (AvgIpc) is 2.93. The Balaban J connectivity index is 2.09. The van der Waals surface area contributed by atoms with Crippen LogP contribution in [0, 0.1) is 18.6 Å². The van der Waals surface area contributed by atoms with E-state index in [1.807, 2.05) is 0 Å². The van der Waals surface area contributed by atoms with Crippen molar-refractivity contribution in [2.45, 2.75) is 6.92 Å². The van der Waals surface area contributed by atoms with E-state index in [0.717, 1.165) is 12.1 Å². The zero-order valence-electron chi connectivity index (χ0n) is 11.3. The van der Waals surface area contributed by atoms with Crippen molar-refractivity contribution in [2.24, 2.45) is 0 Å². The first-order chi connectivity index (χ1) is 10.1. The molecule has 0 saturated heterocycles. The number of rotatable bonds is 3.